The van der Waals surface area contributed by atoms with Gasteiger partial charge in [0.05, 0.1) is 36.7 Å². The van der Waals surface area contributed by atoms with E-state index in [0.29, 0.717) is 19.5 Å². The predicted octanol–water partition coefficient (Wildman–Crippen LogP) is 4.08. The molecular formula is C27H30N4O3. The largest absolute Gasteiger partial charge is 0.497 e. The Labute approximate surface area is 199 Å². The van der Waals surface area contributed by atoms with Gasteiger partial charge >= 0.3 is 0 Å². The van der Waals surface area contributed by atoms with Crippen LogP contribution in [0.25, 0.3) is 16.6 Å². The first kappa shape index (κ1) is 22.1. The molecule has 1 aliphatic rings. The fourth-order valence-corrected chi connectivity index (χ4v) is 4.87. The second-order valence-corrected chi connectivity index (χ2v) is 8.69. The van der Waals surface area contributed by atoms with Crippen molar-refractivity contribution >= 4 is 28.3 Å². The Kier molecular flexibility index (Phi) is 6.25. The number of anilines is 1. The average Bonchev–Trinajstić information content (AvgIpc) is 3.38. The summed E-state index contributed by atoms with van der Waals surface area (Å²) in [6.07, 6.45) is 4.60. The molecule has 0 bridgehead atoms. The van der Waals surface area contributed by atoms with Crippen molar-refractivity contribution < 1.29 is 14.3 Å². The van der Waals surface area contributed by atoms with Crippen molar-refractivity contribution in [2.45, 2.75) is 19.3 Å². The molecule has 0 spiro atoms. The molecule has 2 aromatic heterocycles. The van der Waals surface area contributed by atoms with E-state index in [1.807, 2.05) is 42.5 Å². The molecule has 1 saturated heterocycles. The molecule has 0 saturated carbocycles. The van der Waals surface area contributed by atoms with Crippen LogP contribution in [0.15, 0.2) is 60.8 Å². The van der Waals surface area contributed by atoms with Gasteiger partial charge < -0.3 is 24.1 Å². The number of fused-ring (bicyclic) bond motifs is 3. The number of para-hydroxylation sites is 2. The maximum Gasteiger partial charge on any atom is 0.224 e. The third-order valence-corrected chi connectivity index (χ3v) is 6.62. The number of hydrogen-bond donors (Lipinski definition) is 1. The van der Waals surface area contributed by atoms with Crippen molar-refractivity contribution in [1.29, 1.82) is 0 Å². The number of piperidine rings is 1. The first-order chi connectivity index (χ1) is 16.7. The number of methoxy groups -OCH3 is 2. The summed E-state index contributed by atoms with van der Waals surface area (Å²) in [7, 11) is 3.30. The van der Waals surface area contributed by atoms with Crippen LogP contribution in [-0.2, 0) is 11.2 Å². The molecule has 0 aliphatic carbocycles. The van der Waals surface area contributed by atoms with Gasteiger partial charge in [-0.15, -0.1) is 0 Å². The molecule has 7 heteroatoms. The van der Waals surface area contributed by atoms with Gasteiger partial charge in [0, 0.05) is 25.8 Å². The summed E-state index contributed by atoms with van der Waals surface area (Å²) in [6, 6.07) is 18.1. The van der Waals surface area contributed by atoms with Gasteiger partial charge in [-0.25, -0.2) is 4.98 Å². The first-order valence-corrected chi connectivity index (χ1v) is 11.8. The van der Waals surface area contributed by atoms with E-state index in [1.54, 1.807) is 14.2 Å². The second-order valence-electron chi connectivity index (χ2n) is 8.69. The lowest BCUT2D eigenvalue weighted by Gasteiger charge is -2.33. The van der Waals surface area contributed by atoms with E-state index in [-0.39, 0.29) is 11.8 Å². The maximum absolute atomic E-state index is 13.0. The molecule has 1 atom stereocenters. The number of benzene rings is 2. The number of carbonyl (C=O) groups excluding carboxylic acids is 1. The SMILES string of the molecule is COc1ccc(OC)c(CCNC(=O)[C@H]2CCCN(c3nc4ccccc4n4cccc34)C2)c1. The summed E-state index contributed by atoms with van der Waals surface area (Å²) in [5, 5.41) is 3.14. The number of aromatic nitrogens is 2. The normalized spacial score (nSPS) is 16.1. The molecule has 0 unspecified atom stereocenters. The van der Waals surface area contributed by atoms with Gasteiger partial charge in [-0.05, 0) is 67.3 Å². The molecule has 7 nitrogen and oxygen atoms in total. The number of nitrogens with zero attached hydrogens (tertiary/aromatic N) is 3. The minimum Gasteiger partial charge on any atom is -0.497 e. The molecule has 1 N–H and O–H groups in total. The van der Waals surface area contributed by atoms with Gasteiger partial charge in [-0.1, -0.05) is 12.1 Å². The topological polar surface area (TPSA) is 68.1 Å². The van der Waals surface area contributed by atoms with E-state index in [4.69, 9.17) is 14.5 Å². The Balaban J connectivity index is 1.28. The second kappa shape index (κ2) is 9.63. The third kappa shape index (κ3) is 4.25. The summed E-state index contributed by atoms with van der Waals surface area (Å²) >= 11 is 0. The highest BCUT2D eigenvalue weighted by atomic mass is 16.5. The molecule has 1 fully saturated rings. The van der Waals surface area contributed by atoms with Crippen molar-refractivity contribution in [1.82, 2.24) is 14.7 Å². The van der Waals surface area contributed by atoms with Gasteiger partial charge in [-0.2, -0.15) is 0 Å². The Bertz CT molecular complexity index is 1320. The predicted molar refractivity (Wildman–Crippen MR) is 134 cm³/mol. The van der Waals surface area contributed by atoms with Crippen LogP contribution in [0, 0.1) is 5.92 Å². The van der Waals surface area contributed by atoms with E-state index in [2.05, 4.69) is 32.9 Å². The summed E-state index contributed by atoms with van der Waals surface area (Å²) in [4.78, 5) is 20.3. The van der Waals surface area contributed by atoms with Crippen LogP contribution in [0.3, 0.4) is 0 Å². The smallest absolute Gasteiger partial charge is 0.224 e. The molecule has 34 heavy (non-hydrogen) atoms. The number of rotatable bonds is 7. The zero-order chi connectivity index (χ0) is 23.5. The first-order valence-electron chi connectivity index (χ1n) is 11.8. The number of nitrogens with one attached hydrogen (secondary N) is 1. The lowest BCUT2D eigenvalue weighted by molar-refractivity contribution is -0.125. The maximum atomic E-state index is 13.0. The van der Waals surface area contributed by atoms with Crippen molar-refractivity contribution in [3.8, 4) is 11.5 Å². The number of amides is 1. The van der Waals surface area contributed by atoms with Crippen LogP contribution in [0.1, 0.15) is 18.4 Å². The van der Waals surface area contributed by atoms with Crippen molar-refractivity contribution in [2.24, 2.45) is 5.92 Å². The molecule has 5 rings (SSSR count). The zero-order valence-electron chi connectivity index (χ0n) is 19.7. The van der Waals surface area contributed by atoms with E-state index < -0.39 is 0 Å². The zero-order valence-corrected chi connectivity index (χ0v) is 19.7. The van der Waals surface area contributed by atoms with Crippen molar-refractivity contribution in [3.63, 3.8) is 0 Å². The Morgan fingerprint density at radius 2 is 1.94 bits per heavy atom. The van der Waals surface area contributed by atoms with Crippen LogP contribution in [0.4, 0.5) is 5.82 Å². The van der Waals surface area contributed by atoms with Gasteiger partial charge in [0.2, 0.25) is 5.91 Å². The van der Waals surface area contributed by atoms with E-state index >= 15 is 0 Å². The fourth-order valence-electron chi connectivity index (χ4n) is 4.87. The van der Waals surface area contributed by atoms with Gasteiger partial charge in [-0.3, -0.25) is 4.79 Å². The number of ether oxygens (including phenoxy) is 2. The Hall–Kier alpha value is -3.74. The third-order valence-electron chi connectivity index (χ3n) is 6.62. The highest BCUT2D eigenvalue weighted by molar-refractivity contribution is 5.86. The molecule has 2 aromatic carbocycles. The molecule has 1 aliphatic heterocycles. The molecule has 1 amide bonds. The van der Waals surface area contributed by atoms with E-state index in [9.17, 15) is 4.79 Å². The highest BCUT2D eigenvalue weighted by Crippen LogP contribution is 2.29. The molecule has 0 radical (unpaired) electrons. The van der Waals surface area contributed by atoms with Crippen molar-refractivity contribution in [3.05, 3.63) is 66.4 Å². The van der Waals surface area contributed by atoms with Crippen LogP contribution in [-0.4, -0.2) is 49.1 Å². The fraction of sp³-hybridized carbons (Fsp3) is 0.333. The number of hydrogen-bond acceptors (Lipinski definition) is 5. The van der Waals surface area contributed by atoms with E-state index in [1.165, 1.54) is 0 Å². The van der Waals surface area contributed by atoms with Crippen LogP contribution >= 0.6 is 0 Å². The molecule has 4 aromatic rings. The molecule has 176 valence electrons. The average molecular weight is 459 g/mol. The minimum atomic E-state index is -0.0655. The quantitative estimate of drug-likeness (QED) is 0.452. The summed E-state index contributed by atoms with van der Waals surface area (Å²) in [5.74, 6) is 2.56. The lowest BCUT2D eigenvalue weighted by Crippen LogP contribution is -2.44. The van der Waals surface area contributed by atoms with Crippen molar-refractivity contribution in [2.75, 3.05) is 38.8 Å². The Morgan fingerprint density at radius 1 is 1.09 bits per heavy atom. The highest BCUT2D eigenvalue weighted by Gasteiger charge is 2.27. The summed E-state index contributed by atoms with van der Waals surface area (Å²) < 4.78 is 13.0. The van der Waals surface area contributed by atoms with Crippen LogP contribution in [0.2, 0.25) is 0 Å². The molecular weight excluding hydrogens is 428 g/mol. The summed E-state index contributed by atoms with van der Waals surface area (Å²) in [5.41, 5.74) is 4.14. The van der Waals surface area contributed by atoms with Crippen LogP contribution in [0.5, 0.6) is 11.5 Å². The van der Waals surface area contributed by atoms with E-state index in [0.717, 1.165) is 58.8 Å². The van der Waals surface area contributed by atoms with Gasteiger partial charge in [0.25, 0.3) is 0 Å². The lowest BCUT2D eigenvalue weighted by atomic mass is 9.97. The summed E-state index contributed by atoms with van der Waals surface area (Å²) in [6.45, 7) is 2.12. The minimum absolute atomic E-state index is 0.0655. The standard InChI is InChI=1S/C27H30N4O3/c1-33-21-11-12-25(34-2)19(17-21)13-14-28-27(32)20-7-5-15-30(18-20)26-24-10-6-16-31(24)23-9-4-3-8-22(23)29-26/h3-4,6,8-12,16-17,20H,5,7,13-15,18H2,1-2H3,(H,28,32)/t20-/m0/s1. The number of carbonyl (C=O) groups is 1. The monoisotopic (exact) mass is 458 g/mol. The van der Waals surface area contributed by atoms with Crippen LogP contribution < -0.4 is 19.7 Å². The Morgan fingerprint density at radius 3 is 2.79 bits per heavy atom. The van der Waals surface area contributed by atoms with Gasteiger partial charge in [0.15, 0.2) is 5.82 Å². The van der Waals surface area contributed by atoms with Gasteiger partial charge in [0.1, 0.15) is 11.5 Å². The molecule has 3 heterocycles.